The van der Waals surface area contributed by atoms with Crippen LogP contribution in [0.1, 0.15) is 54.8 Å². The third-order valence-corrected chi connectivity index (χ3v) is 9.40. The molecule has 2 aromatic carbocycles. The standard InChI is InChI=1S/C30H35ClN2O6S/c1-38-27-14-20(4-11-26(27)39-13-12-33-28(34)18-40-30(33)37)17-32(16-19-2-5-21(6-3-19)29(35)36)25-10-7-22-15-23(31)8-9-24(22)25/h4,8-9,11,14-15,19,21,25H,2-3,5-7,10,12-13,16-18H2,1H3,(H,35,36). The topological polar surface area (TPSA) is 96.4 Å². The Balaban J connectivity index is 1.29. The number of imide groups is 1. The number of rotatable bonds is 11. The van der Waals surface area contributed by atoms with Crippen LogP contribution in [0.5, 0.6) is 11.5 Å². The molecule has 1 aliphatic heterocycles. The molecule has 3 aliphatic rings. The Morgan fingerprint density at radius 2 is 1.90 bits per heavy atom. The van der Waals surface area contributed by atoms with Gasteiger partial charge in [-0.3, -0.25) is 24.2 Å². The molecule has 0 spiro atoms. The molecule has 5 rings (SSSR count). The summed E-state index contributed by atoms with van der Waals surface area (Å²) in [6.45, 7) is 2.02. The van der Waals surface area contributed by atoms with Crippen molar-refractivity contribution in [2.75, 3.05) is 32.6 Å². The first-order valence-electron chi connectivity index (χ1n) is 13.8. The van der Waals surface area contributed by atoms with Gasteiger partial charge in [-0.2, -0.15) is 0 Å². The van der Waals surface area contributed by atoms with Crippen LogP contribution in [0.3, 0.4) is 0 Å². The summed E-state index contributed by atoms with van der Waals surface area (Å²) < 4.78 is 11.5. The summed E-state index contributed by atoms with van der Waals surface area (Å²) in [7, 11) is 1.60. The molecule has 0 bridgehead atoms. The van der Waals surface area contributed by atoms with E-state index in [0.717, 1.165) is 74.0 Å². The van der Waals surface area contributed by atoms with E-state index in [-0.39, 0.29) is 42.0 Å². The van der Waals surface area contributed by atoms with Crippen molar-refractivity contribution in [2.24, 2.45) is 11.8 Å². The molecule has 1 heterocycles. The molecular formula is C30H35ClN2O6S. The summed E-state index contributed by atoms with van der Waals surface area (Å²) in [6.07, 6.45) is 5.31. The molecule has 0 aromatic heterocycles. The number of nitrogens with zero attached hydrogens (tertiary/aromatic N) is 2. The lowest BCUT2D eigenvalue weighted by atomic mass is 9.81. The van der Waals surface area contributed by atoms with E-state index in [9.17, 15) is 19.5 Å². The van der Waals surface area contributed by atoms with Crippen LogP contribution in [-0.2, 0) is 22.6 Å². The van der Waals surface area contributed by atoms with Gasteiger partial charge in [0.25, 0.3) is 5.24 Å². The average molecular weight is 587 g/mol. The van der Waals surface area contributed by atoms with Crippen molar-refractivity contribution in [3.05, 3.63) is 58.1 Å². The van der Waals surface area contributed by atoms with Gasteiger partial charge in [-0.05, 0) is 85.4 Å². The van der Waals surface area contributed by atoms with Gasteiger partial charge in [0.2, 0.25) is 5.91 Å². The van der Waals surface area contributed by atoms with E-state index < -0.39 is 5.97 Å². The van der Waals surface area contributed by atoms with Gasteiger partial charge in [-0.15, -0.1) is 0 Å². The van der Waals surface area contributed by atoms with E-state index in [1.165, 1.54) is 16.0 Å². The fourth-order valence-electron chi connectivity index (χ4n) is 6.18. The van der Waals surface area contributed by atoms with Crippen LogP contribution in [0.15, 0.2) is 36.4 Å². The van der Waals surface area contributed by atoms with Crippen LogP contribution in [0.4, 0.5) is 4.79 Å². The lowest BCUT2D eigenvalue weighted by Gasteiger charge is -2.35. The number of ether oxygens (including phenoxy) is 2. The Kier molecular flexibility index (Phi) is 9.23. The maximum absolute atomic E-state index is 11.9. The predicted octanol–water partition coefficient (Wildman–Crippen LogP) is 5.80. The fourth-order valence-corrected chi connectivity index (χ4v) is 7.12. The number of carboxylic acids is 1. The van der Waals surface area contributed by atoms with Gasteiger partial charge in [-0.25, -0.2) is 0 Å². The number of carbonyl (C=O) groups excluding carboxylic acids is 2. The SMILES string of the molecule is COc1cc(CN(CC2CCC(C(=O)O)CC2)C2CCc3cc(Cl)ccc32)ccc1OCCN1C(=O)CSC1=O. The number of fused-ring (bicyclic) bond motifs is 1. The molecule has 2 fully saturated rings. The van der Waals surface area contributed by atoms with Crippen LogP contribution in [0, 0.1) is 11.8 Å². The van der Waals surface area contributed by atoms with E-state index >= 15 is 0 Å². The van der Waals surface area contributed by atoms with E-state index in [4.69, 9.17) is 21.1 Å². The Hall–Kier alpha value is -2.75. The van der Waals surface area contributed by atoms with E-state index in [0.29, 0.717) is 17.4 Å². The number of carbonyl (C=O) groups is 3. The van der Waals surface area contributed by atoms with Crippen LogP contribution >= 0.6 is 23.4 Å². The van der Waals surface area contributed by atoms with Crippen LogP contribution < -0.4 is 9.47 Å². The minimum absolute atomic E-state index is 0.187. The van der Waals surface area contributed by atoms with Crippen molar-refractivity contribution in [1.29, 1.82) is 0 Å². The number of hydrogen-bond donors (Lipinski definition) is 1. The van der Waals surface area contributed by atoms with Crippen molar-refractivity contribution in [3.8, 4) is 11.5 Å². The van der Waals surface area contributed by atoms with Crippen molar-refractivity contribution >= 4 is 40.5 Å². The van der Waals surface area contributed by atoms with Crippen LogP contribution in [-0.4, -0.2) is 64.6 Å². The number of halogens is 1. The first-order chi connectivity index (χ1) is 19.3. The van der Waals surface area contributed by atoms with Crippen molar-refractivity contribution in [3.63, 3.8) is 0 Å². The van der Waals surface area contributed by atoms with Gasteiger partial charge >= 0.3 is 5.97 Å². The largest absolute Gasteiger partial charge is 0.493 e. The smallest absolute Gasteiger partial charge is 0.306 e. The minimum Gasteiger partial charge on any atom is -0.493 e. The van der Waals surface area contributed by atoms with Crippen molar-refractivity contribution in [2.45, 2.75) is 51.1 Å². The highest BCUT2D eigenvalue weighted by Gasteiger charge is 2.33. The van der Waals surface area contributed by atoms with Gasteiger partial charge in [-0.1, -0.05) is 35.5 Å². The molecule has 40 heavy (non-hydrogen) atoms. The van der Waals surface area contributed by atoms with Gasteiger partial charge in [0.05, 0.1) is 25.3 Å². The summed E-state index contributed by atoms with van der Waals surface area (Å²) in [5.41, 5.74) is 3.71. The maximum atomic E-state index is 11.9. The van der Waals surface area contributed by atoms with Crippen LogP contribution in [0.2, 0.25) is 5.02 Å². The number of aliphatic carboxylic acids is 1. The summed E-state index contributed by atoms with van der Waals surface area (Å²) >= 11 is 7.30. The van der Waals surface area contributed by atoms with E-state index in [2.05, 4.69) is 17.0 Å². The predicted molar refractivity (Wildman–Crippen MR) is 154 cm³/mol. The summed E-state index contributed by atoms with van der Waals surface area (Å²) in [6, 6.07) is 12.4. The Bertz CT molecular complexity index is 1250. The number of hydrogen-bond acceptors (Lipinski definition) is 7. The monoisotopic (exact) mass is 586 g/mol. The van der Waals surface area contributed by atoms with Gasteiger partial charge < -0.3 is 14.6 Å². The van der Waals surface area contributed by atoms with Crippen LogP contribution in [0.25, 0.3) is 0 Å². The van der Waals surface area contributed by atoms with Crippen molar-refractivity contribution < 1.29 is 29.0 Å². The number of amides is 2. The number of thioether (sulfide) groups is 1. The normalized spacial score (nSPS) is 22.6. The quantitative estimate of drug-likeness (QED) is 0.353. The summed E-state index contributed by atoms with van der Waals surface area (Å²) in [4.78, 5) is 38.9. The number of carboxylic acid groups (broad SMARTS) is 1. The second-order valence-electron chi connectivity index (χ2n) is 10.8. The van der Waals surface area contributed by atoms with Gasteiger partial charge in [0.1, 0.15) is 6.61 Å². The molecular weight excluding hydrogens is 552 g/mol. The zero-order valence-electron chi connectivity index (χ0n) is 22.6. The molecule has 10 heteroatoms. The molecule has 1 saturated heterocycles. The molecule has 0 radical (unpaired) electrons. The number of benzene rings is 2. The first-order valence-corrected chi connectivity index (χ1v) is 15.2. The average Bonchev–Trinajstić information content (AvgIpc) is 3.51. The molecule has 2 aromatic rings. The molecule has 1 unspecified atom stereocenters. The van der Waals surface area contributed by atoms with E-state index in [1.54, 1.807) is 7.11 Å². The highest BCUT2D eigenvalue weighted by atomic mass is 35.5. The van der Waals surface area contributed by atoms with E-state index in [1.807, 2.05) is 24.3 Å². The molecule has 1 atom stereocenters. The molecule has 1 N–H and O–H groups in total. The zero-order valence-corrected chi connectivity index (χ0v) is 24.2. The van der Waals surface area contributed by atoms with Gasteiger partial charge in [0, 0.05) is 24.2 Å². The lowest BCUT2D eigenvalue weighted by molar-refractivity contribution is -0.143. The van der Waals surface area contributed by atoms with Crippen molar-refractivity contribution in [1.82, 2.24) is 9.80 Å². The summed E-state index contributed by atoms with van der Waals surface area (Å²) in [5, 5.41) is 9.96. The zero-order chi connectivity index (χ0) is 28.2. The number of methoxy groups -OCH3 is 1. The third-order valence-electron chi connectivity index (χ3n) is 8.31. The molecule has 2 aliphatic carbocycles. The molecule has 8 nitrogen and oxygen atoms in total. The maximum Gasteiger partial charge on any atom is 0.306 e. The fraction of sp³-hybridized carbons (Fsp3) is 0.500. The molecule has 214 valence electrons. The Labute approximate surface area is 243 Å². The minimum atomic E-state index is -0.677. The van der Waals surface area contributed by atoms with Gasteiger partial charge in [0.15, 0.2) is 11.5 Å². The number of aryl methyl sites for hydroxylation is 1. The molecule has 1 saturated carbocycles. The molecule has 2 amide bonds. The second-order valence-corrected chi connectivity index (χ2v) is 12.2. The highest BCUT2D eigenvalue weighted by Crippen LogP contribution is 2.40. The highest BCUT2D eigenvalue weighted by molar-refractivity contribution is 8.14. The Morgan fingerprint density at radius 3 is 2.60 bits per heavy atom. The second kappa shape index (κ2) is 12.8. The summed E-state index contributed by atoms with van der Waals surface area (Å²) in [5.74, 6) is 0.718. The lowest BCUT2D eigenvalue weighted by Crippen LogP contribution is -2.34. The third kappa shape index (κ3) is 6.58. The first kappa shape index (κ1) is 28.8. The Morgan fingerprint density at radius 1 is 1.10 bits per heavy atom.